The first-order chi connectivity index (χ1) is 14.7. The summed E-state index contributed by atoms with van der Waals surface area (Å²) in [5.41, 5.74) is 3.00. The molecule has 0 unspecified atom stereocenters. The summed E-state index contributed by atoms with van der Waals surface area (Å²) in [4.78, 5) is 21.7. The summed E-state index contributed by atoms with van der Waals surface area (Å²) in [5.74, 6) is 1.69. The van der Waals surface area contributed by atoms with Crippen molar-refractivity contribution >= 4 is 11.6 Å². The van der Waals surface area contributed by atoms with Crippen molar-refractivity contribution in [2.45, 2.75) is 26.8 Å². The molecule has 154 valence electrons. The summed E-state index contributed by atoms with van der Waals surface area (Å²) in [7, 11) is 0. The predicted molar refractivity (Wildman–Crippen MR) is 116 cm³/mol. The van der Waals surface area contributed by atoms with Crippen LogP contribution in [0.25, 0.3) is 16.9 Å². The summed E-state index contributed by atoms with van der Waals surface area (Å²) in [6, 6.07) is 11.6. The van der Waals surface area contributed by atoms with E-state index in [4.69, 9.17) is 9.72 Å². The number of ether oxygens (including phenoxy) is 1. The van der Waals surface area contributed by atoms with Crippen molar-refractivity contribution in [1.82, 2.24) is 24.3 Å². The lowest BCUT2D eigenvalue weighted by molar-refractivity contribution is 0.0954. The maximum absolute atomic E-state index is 12.7. The number of rotatable bonds is 8. The zero-order chi connectivity index (χ0) is 20.9. The molecule has 1 aromatic carbocycles. The van der Waals surface area contributed by atoms with Crippen molar-refractivity contribution in [2.24, 2.45) is 0 Å². The Morgan fingerprint density at radius 3 is 2.63 bits per heavy atom. The van der Waals surface area contributed by atoms with E-state index in [0.29, 0.717) is 24.4 Å². The molecule has 0 spiro atoms. The predicted octanol–water partition coefficient (Wildman–Crippen LogP) is 3.73. The van der Waals surface area contributed by atoms with Gasteiger partial charge in [-0.25, -0.2) is 9.97 Å². The number of hydrogen-bond acceptors (Lipinski definition) is 4. The number of nitrogens with zero attached hydrogens (tertiary/aromatic N) is 4. The van der Waals surface area contributed by atoms with Crippen molar-refractivity contribution in [3.05, 3.63) is 72.6 Å². The molecular formula is C23H25N5O2. The molecule has 0 aliphatic heterocycles. The maximum Gasteiger partial charge on any atom is 0.255 e. The van der Waals surface area contributed by atoms with Gasteiger partial charge in [-0.05, 0) is 56.7 Å². The molecule has 4 rings (SSSR count). The van der Waals surface area contributed by atoms with Crippen LogP contribution in [0.1, 0.15) is 29.5 Å². The fraction of sp³-hybridized carbons (Fsp3) is 0.261. The molecule has 1 N–H and O–H groups in total. The zero-order valence-corrected chi connectivity index (χ0v) is 17.2. The number of amides is 1. The van der Waals surface area contributed by atoms with Crippen LogP contribution in [0, 0.1) is 6.92 Å². The second-order valence-corrected chi connectivity index (χ2v) is 7.01. The highest BCUT2D eigenvalue weighted by molar-refractivity contribution is 6.00. The largest absolute Gasteiger partial charge is 0.494 e. The Balaban J connectivity index is 1.45. The molecule has 4 aromatic rings. The van der Waals surface area contributed by atoms with Crippen molar-refractivity contribution in [3.8, 4) is 17.0 Å². The van der Waals surface area contributed by atoms with Crippen molar-refractivity contribution in [3.63, 3.8) is 0 Å². The van der Waals surface area contributed by atoms with Gasteiger partial charge < -0.3 is 19.0 Å². The van der Waals surface area contributed by atoms with Crippen LogP contribution in [0.5, 0.6) is 5.75 Å². The van der Waals surface area contributed by atoms with Gasteiger partial charge in [-0.1, -0.05) is 0 Å². The van der Waals surface area contributed by atoms with Gasteiger partial charge in [-0.3, -0.25) is 4.79 Å². The first kappa shape index (κ1) is 19.7. The molecule has 0 aliphatic carbocycles. The van der Waals surface area contributed by atoms with Gasteiger partial charge in [0.15, 0.2) is 0 Å². The fourth-order valence-corrected chi connectivity index (χ4v) is 3.39. The van der Waals surface area contributed by atoms with Gasteiger partial charge in [0.25, 0.3) is 5.91 Å². The van der Waals surface area contributed by atoms with E-state index in [1.54, 1.807) is 12.3 Å². The van der Waals surface area contributed by atoms with Crippen LogP contribution in [0.15, 0.2) is 61.2 Å². The molecular weight excluding hydrogens is 378 g/mol. The minimum Gasteiger partial charge on any atom is -0.494 e. The number of carbonyl (C=O) groups excluding carboxylic acids is 1. The number of hydrogen-bond donors (Lipinski definition) is 1. The second kappa shape index (κ2) is 8.82. The van der Waals surface area contributed by atoms with E-state index in [2.05, 4.69) is 14.9 Å². The van der Waals surface area contributed by atoms with Gasteiger partial charge in [0.1, 0.15) is 17.2 Å². The van der Waals surface area contributed by atoms with Crippen molar-refractivity contribution in [2.75, 3.05) is 13.2 Å². The molecule has 30 heavy (non-hydrogen) atoms. The molecule has 0 fully saturated rings. The molecule has 0 bridgehead atoms. The topological polar surface area (TPSA) is 73.5 Å². The van der Waals surface area contributed by atoms with Crippen LogP contribution in [0.4, 0.5) is 0 Å². The molecule has 0 saturated carbocycles. The quantitative estimate of drug-likeness (QED) is 0.455. The van der Waals surface area contributed by atoms with Crippen LogP contribution in [0.2, 0.25) is 0 Å². The van der Waals surface area contributed by atoms with E-state index in [0.717, 1.165) is 35.8 Å². The van der Waals surface area contributed by atoms with Crippen LogP contribution in [-0.4, -0.2) is 38.0 Å². The molecule has 0 saturated heterocycles. The summed E-state index contributed by atoms with van der Waals surface area (Å²) in [6.07, 6.45) is 8.35. The number of nitrogens with one attached hydrogen (secondary N) is 1. The van der Waals surface area contributed by atoms with Crippen molar-refractivity contribution in [1.29, 1.82) is 0 Å². The number of aromatic nitrogens is 4. The van der Waals surface area contributed by atoms with E-state index in [9.17, 15) is 4.79 Å². The van der Waals surface area contributed by atoms with Crippen molar-refractivity contribution < 1.29 is 9.53 Å². The zero-order valence-electron chi connectivity index (χ0n) is 17.2. The summed E-state index contributed by atoms with van der Waals surface area (Å²) in [5, 5.41) is 3.00. The smallest absolute Gasteiger partial charge is 0.255 e. The Morgan fingerprint density at radius 1 is 1.10 bits per heavy atom. The highest BCUT2D eigenvalue weighted by Crippen LogP contribution is 2.22. The molecule has 0 radical (unpaired) electrons. The number of aryl methyl sites for hydroxylation is 2. The van der Waals surface area contributed by atoms with E-state index >= 15 is 0 Å². The van der Waals surface area contributed by atoms with Crippen LogP contribution in [-0.2, 0) is 6.54 Å². The number of carbonyl (C=O) groups is 1. The van der Waals surface area contributed by atoms with Crippen LogP contribution < -0.4 is 10.1 Å². The van der Waals surface area contributed by atoms with Gasteiger partial charge in [0, 0.05) is 43.4 Å². The third kappa shape index (κ3) is 4.20. The summed E-state index contributed by atoms with van der Waals surface area (Å²) in [6.45, 7) is 5.98. The van der Waals surface area contributed by atoms with Gasteiger partial charge >= 0.3 is 0 Å². The van der Waals surface area contributed by atoms with Crippen LogP contribution >= 0.6 is 0 Å². The standard InChI is InChI=1S/C23H25N5O2/c1-3-30-19-7-5-18(6-8-19)21-10-15-28-14-9-20(22(28)26-21)23(29)25-11-4-13-27-16-12-24-17(27)2/h5-10,12,14-16H,3-4,11,13H2,1-2H3,(H,25,29). The fourth-order valence-electron chi connectivity index (χ4n) is 3.39. The minimum absolute atomic E-state index is 0.115. The average molecular weight is 403 g/mol. The maximum atomic E-state index is 12.7. The minimum atomic E-state index is -0.115. The van der Waals surface area contributed by atoms with Gasteiger partial charge in [-0.15, -0.1) is 0 Å². The first-order valence-corrected chi connectivity index (χ1v) is 10.1. The SMILES string of the molecule is CCOc1ccc(-c2ccn3ccc(C(=O)NCCCn4ccnc4C)c3n2)cc1. The Morgan fingerprint density at radius 2 is 1.90 bits per heavy atom. The number of benzene rings is 1. The molecule has 7 heteroatoms. The molecule has 0 atom stereocenters. The lowest BCUT2D eigenvalue weighted by atomic mass is 10.1. The normalized spacial score (nSPS) is 11.0. The molecule has 7 nitrogen and oxygen atoms in total. The van der Waals surface area contributed by atoms with Gasteiger partial charge in [0.05, 0.1) is 17.9 Å². The Bertz CT molecular complexity index is 1140. The summed E-state index contributed by atoms with van der Waals surface area (Å²) >= 11 is 0. The highest BCUT2D eigenvalue weighted by atomic mass is 16.5. The third-order valence-corrected chi connectivity index (χ3v) is 5.00. The molecule has 1 amide bonds. The van der Waals surface area contributed by atoms with Crippen LogP contribution in [0.3, 0.4) is 0 Å². The molecule has 0 aliphatic rings. The van der Waals surface area contributed by atoms with E-state index in [1.165, 1.54) is 0 Å². The average Bonchev–Trinajstić information content (AvgIpc) is 3.37. The molecule has 3 aromatic heterocycles. The monoisotopic (exact) mass is 403 g/mol. The van der Waals surface area contributed by atoms with Gasteiger partial charge in [0.2, 0.25) is 0 Å². The Labute approximate surface area is 175 Å². The van der Waals surface area contributed by atoms with E-state index in [-0.39, 0.29) is 5.91 Å². The first-order valence-electron chi connectivity index (χ1n) is 10.1. The second-order valence-electron chi connectivity index (χ2n) is 7.01. The lowest BCUT2D eigenvalue weighted by Gasteiger charge is -2.08. The lowest BCUT2D eigenvalue weighted by Crippen LogP contribution is -2.25. The van der Waals surface area contributed by atoms with Gasteiger partial charge in [-0.2, -0.15) is 0 Å². The Kier molecular flexibility index (Phi) is 5.79. The summed E-state index contributed by atoms with van der Waals surface area (Å²) < 4.78 is 9.44. The molecule has 3 heterocycles. The number of fused-ring (bicyclic) bond motifs is 1. The van der Waals surface area contributed by atoms with E-state index < -0.39 is 0 Å². The Hall–Kier alpha value is -3.61. The van der Waals surface area contributed by atoms with E-state index in [1.807, 2.05) is 67.2 Å². The highest BCUT2D eigenvalue weighted by Gasteiger charge is 2.13. The number of imidazole rings is 1. The third-order valence-electron chi connectivity index (χ3n) is 5.00.